The lowest BCUT2D eigenvalue weighted by Crippen LogP contribution is -2.37. The first-order chi connectivity index (χ1) is 11.7. The number of anilines is 2. The maximum Gasteiger partial charge on any atom is 0.222 e. The number of nitrogens with two attached hydrogens (primary N) is 2. The minimum Gasteiger partial charge on any atom is -0.368 e. The Labute approximate surface area is 166 Å². The van der Waals surface area contributed by atoms with Gasteiger partial charge in [0.05, 0.1) is 12.0 Å². The highest BCUT2D eigenvalue weighted by Gasteiger charge is 2.30. The van der Waals surface area contributed by atoms with Crippen LogP contribution in [0.2, 0.25) is 0 Å². The van der Waals surface area contributed by atoms with Gasteiger partial charge in [0.1, 0.15) is 5.82 Å². The second-order valence-corrected chi connectivity index (χ2v) is 7.13. The van der Waals surface area contributed by atoms with Crippen LogP contribution in [0.25, 0.3) is 0 Å². The molecule has 2 aromatic heterocycles. The van der Waals surface area contributed by atoms with Crippen molar-refractivity contribution in [3.8, 4) is 0 Å². The lowest BCUT2D eigenvalue weighted by molar-refractivity contribution is 0.344. The number of imidazole rings is 1. The van der Waals surface area contributed by atoms with E-state index in [2.05, 4.69) is 30.5 Å². The van der Waals surface area contributed by atoms with Crippen LogP contribution in [-0.2, 0) is 6.54 Å². The predicted molar refractivity (Wildman–Crippen MR) is 108 cm³/mol. The summed E-state index contributed by atoms with van der Waals surface area (Å²) in [6.07, 6.45) is 10.1. The van der Waals surface area contributed by atoms with Crippen LogP contribution in [0.4, 0.5) is 11.8 Å². The summed E-state index contributed by atoms with van der Waals surface area (Å²) in [5.74, 6) is 2.49. The van der Waals surface area contributed by atoms with E-state index in [4.69, 9.17) is 11.5 Å². The van der Waals surface area contributed by atoms with Gasteiger partial charge in [0, 0.05) is 50.1 Å². The van der Waals surface area contributed by atoms with E-state index in [0.29, 0.717) is 23.8 Å². The van der Waals surface area contributed by atoms with Gasteiger partial charge in [-0.05, 0) is 31.6 Å². The van der Waals surface area contributed by atoms with Gasteiger partial charge >= 0.3 is 0 Å². The Bertz CT molecular complexity index is 680. The molecule has 2 aliphatic rings. The number of rotatable bonds is 4. The molecule has 0 unspecified atom stereocenters. The van der Waals surface area contributed by atoms with Crippen LogP contribution in [0.1, 0.15) is 37.3 Å². The molecule has 1 aliphatic carbocycles. The second-order valence-electron chi connectivity index (χ2n) is 7.13. The molecular formula is C17H27Cl2N7. The van der Waals surface area contributed by atoms with Gasteiger partial charge in [-0.25, -0.2) is 9.97 Å². The SMILES string of the molecule is Cl.Cl.Nc1nc(C2CC(N)C2)cc(N2CCC(Cn3ccnc3)CC2)n1. The van der Waals surface area contributed by atoms with Gasteiger partial charge < -0.3 is 20.9 Å². The molecule has 2 aromatic rings. The Balaban J connectivity index is 0.00000121. The van der Waals surface area contributed by atoms with Crippen molar-refractivity contribution in [3.63, 3.8) is 0 Å². The molecule has 0 amide bonds. The van der Waals surface area contributed by atoms with Crippen LogP contribution >= 0.6 is 24.8 Å². The normalized spacial score (nSPS) is 22.9. The van der Waals surface area contributed by atoms with E-state index in [0.717, 1.165) is 56.8 Å². The molecule has 0 atom stereocenters. The molecule has 4 N–H and O–H groups in total. The fraction of sp³-hybridized carbons (Fsp3) is 0.588. The third-order valence-electron chi connectivity index (χ3n) is 5.31. The summed E-state index contributed by atoms with van der Waals surface area (Å²) in [7, 11) is 0. The standard InChI is InChI=1S/C17H25N7.2ClH/c18-14-7-13(8-14)15-9-16(22-17(19)21-15)24-4-1-12(2-5-24)10-23-6-3-20-11-23;;/h3,6,9,11-14H,1-2,4-5,7-8,10,18H2,(H2,19,21,22);2*1H. The zero-order chi connectivity index (χ0) is 16.5. The summed E-state index contributed by atoms with van der Waals surface area (Å²) in [6, 6.07) is 2.43. The summed E-state index contributed by atoms with van der Waals surface area (Å²) in [4.78, 5) is 15.3. The lowest BCUT2D eigenvalue weighted by atomic mass is 9.78. The largest absolute Gasteiger partial charge is 0.368 e. The molecule has 0 bridgehead atoms. The molecule has 26 heavy (non-hydrogen) atoms. The van der Waals surface area contributed by atoms with Crippen molar-refractivity contribution < 1.29 is 0 Å². The van der Waals surface area contributed by atoms with Crippen molar-refractivity contribution in [2.75, 3.05) is 23.7 Å². The van der Waals surface area contributed by atoms with E-state index < -0.39 is 0 Å². The van der Waals surface area contributed by atoms with Crippen molar-refractivity contribution in [3.05, 3.63) is 30.5 Å². The first-order valence-corrected chi connectivity index (χ1v) is 8.78. The maximum atomic E-state index is 5.94. The predicted octanol–water partition coefficient (Wildman–Crippen LogP) is 2.22. The molecule has 1 saturated heterocycles. The molecule has 0 spiro atoms. The molecule has 0 aromatic carbocycles. The van der Waals surface area contributed by atoms with Gasteiger partial charge in [-0.1, -0.05) is 0 Å². The Morgan fingerprint density at radius 1 is 1.12 bits per heavy atom. The number of piperidine rings is 1. The van der Waals surface area contributed by atoms with Crippen LogP contribution < -0.4 is 16.4 Å². The fourth-order valence-corrected chi connectivity index (χ4v) is 3.78. The van der Waals surface area contributed by atoms with E-state index >= 15 is 0 Å². The molecule has 0 radical (unpaired) electrons. The molecule has 1 aliphatic heterocycles. The summed E-state index contributed by atoms with van der Waals surface area (Å²) in [5.41, 5.74) is 12.9. The minimum absolute atomic E-state index is 0. The van der Waals surface area contributed by atoms with Crippen LogP contribution in [0.15, 0.2) is 24.8 Å². The Kier molecular flexibility index (Phi) is 7.08. The highest BCUT2D eigenvalue weighted by molar-refractivity contribution is 5.85. The monoisotopic (exact) mass is 399 g/mol. The second kappa shape index (κ2) is 8.88. The number of aromatic nitrogens is 4. The van der Waals surface area contributed by atoms with Gasteiger partial charge in [0.2, 0.25) is 5.95 Å². The Morgan fingerprint density at radius 2 is 1.85 bits per heavy atom. The van der Waals surface area contributed by atoms with Crippen LogP contribution in [0.5, 0.6) is 0 Å². The summed E-state index contributed by atoms with van der Waals surface area (Å²) >= 11 is 0. The van der Waals surface area contributed by atoms with E-state index in [-0.39, 0.29) is 24.8 Å². The smallest absolute Gasteiger partial charge is 0.222 e. The third kappa shape index (κ3) is 4.58. The van der Waals surface area contributed by atoms with Crippen LogP contribution in [-0.4, -0.2) is 38.7 Å². The molecule has 144 valence electrons. The average molecular weight is 400 g/mol. The van der Waals surface area contributed by atoms with E-state index in [9.17, 15) is 0 Å². The fourth-order valence-electron chi connectivity index (χ4n) is 3.78. The number of nitrogen functional groups attached to an aromatic ring is 1. The summed E-state index contributed by atoms with van der Waals surface area (Å²) in [5, 5.41) is 0. The van der Waals surface area contributed by atoms with Gasteiger partial charge in [-0.3, -0.25) is 0 Å². The van der Waals surface area contributed by atoms with Crippen LogP contribution in [0.3, 0.4) is 0 Å². The summed E-state index contributed by atoms with van der Waals surface area (Å²) in [6.45, 7) is 3.07. The minimum atomic E-state index is 0. The first kappa shape index (κ1) is 20.7. The van der Waals surface area contributed by atoms with Crippen molar-refractivity contribution in [2.24, 2.45) is 11.7 Å². The van der Waals surface area contributed by atoms with Crippen molar-refractivity contribution in [1.29, 1.82) is 0 Å². The Morgan fingerprint density at radius 3 is 2.46 bits per heavy atom. The maximum absolute atomic E-state index is 5.94. The van der Waals surface area contributed by atoms with Crippen molar-refractivity contribution in [2.45, 2.75) is 44.2 Å². The number of halogens is 2. The Hall–Kier alpha value is -1.57. The van der Waals surface area contributed by atoms with Crippen molar-refractivity contribution in [1.82, 2.24) is 19.5 Å². The van der Waals surface area contributed by atoms with Crippen LogP contribution in [0, 0.1) is 5.92 Å². The van der Waals surface area contributed by atoms with E-state index in [1.807, 2.05) is 18.7 Å². The molecule has 4 rings (SSSR count). The number of hydrogen-bond donors (Lipinski definition) is 2. The molecular weight excluding hydrogens is 373 g/mol. The zero-order valence-electron chi connectivity index (χ0n) is 14.7. The topological polar surface area (TPSA) is 98.9 Å². The third-order valence-corrected chi connectivity index (χ3v) is 5.31. The average Bonchev–Trinajstić information content (AvgIpc) is 3.05. The van der Waals surface area contributed by atoms with Gasteiger partial charge in [0.25, 0.3) is 0 Å². The summed E-state index contributed by atoms with van der Waals surface area (Å²) < 4.78 is 2.17. The zero-order valence-corrected chi connectivity index (χ0v) is 16.3. The van der Waals surface area contributed by atoms with Gasteiger partial charge in [-0.15, -0.1) is 24.8 Å². The lowest BCUT2D eigenvalue weighted by Gasteiger charge is -2.35. The molecule has 2 fully saturated rings. The van der Waals surface area contributed by atoms with Gasteiger partial charge in [0.15, 0.2) is 0 Å². The molecule has 7 nitrogen and oxygen atoms in total. The number of hydrogen-bond acceptors (Lipinski definition) is 6. The molecule has 9 heteroatoms. The van der Waals surface area contributed by atoms with Crippen molar-refractivity contribution >= 4 is 36.6 Å². The first-order valence-electron chi connectivity index (χ1n) is 8.78. The molecule has 3 heterocycles. The number of nitrogens with zero attached hydrogens (tertiary/aromatic N) is 5. The highest BCUT2D eigenvalue weighted by atomic mass is 35.5. The van der Waals surface area contributed by atoms with E-state index in [1.54, 1.807) is 0 Å². The van der Waals surface area contributed by atoms with E-state index in [1.165, 1.54) is 0 Å². The molecule has 1 saturated carbocycles. The van der Waals surface area contributed by atoms with Gasteiger partial charge in [-0.2, -0.15) is 4.98 Å². The quantitative estimate of drug-likeness (QED) is 0.817. The highest BCUT2D eigenvalue weighted by Crippen LogP contribution is 2.36.